The van der Waals surface area contributed by atoms with E-state index in [2.05, 4.69) is 17.2 Å². The molecule has 7 heteroatoms. The zero-order valence-corrected chi connectivity index (χ0v) is 21.5. The fourth-order valence-corrected chi connectivity index (χ4v) is 4.11. The van der Waals surface area contributed by atoms with Crippen molar-refractivity contribution in [3.05, 3.63) is 114 Å². The summed E-state index contributed by atoms with van der Waals surface area (Å²) in [6, 6.07) is 25.5. The van der Waals surface area contributed by atoms with Crippen molar-refractivity contribution < 1.29 is 24.5 Å². The highest BCUT2D eigenvalue weighted by Crippen LogP contribution is 2.18. The van der Waals surface area contributed by atoms with Gasteiger partial charge in [-0.3, -0.25) is 9.59 Å². The minimum atomic E-state index is -0.648. The number of hydrogen-bond donors (Lipinski definition) is 4. The molecule has 0 aliphatic rings. The molecule has 0 bridgehead atoms. The van der Waals surface area contributed by atoms with Crippen LogP contribution in [0.1, 0.15) is 35.6 Å². The Kier molecular flexibility index (Phi) is 11.6. The van der Waals surface area contributed by atoms with E-state index in [1.54, 1.807) is 6.08 Å². The number of rotatable bonds is 15. The monoisotopic (exact) mass is 516 g/mol. The Labute approximate surface area is 224 Å². The van der Waals surface area contributed by atoms with Crippen molar-refractivity contribution in [3.8, 4) is 5.75 Å². The van der Waals surface area contributed by atoms with Crippen LogP contribution in [-0.2, 0) is 22.6 Å². The first kappa shape index (κ1) is 28.6. The highest BCUT2D eigenvalue weighted by molar-refractivity contribution is 5.86. The van der Waals surface area contributed by atoms with Gasteiger partial charge >= 0.3 is 0 Å². The van der Waals surface area contributed by atoms with Gasteiger partial charge in [0.05, 0.1) is 31.2 Å². The minimum Gasteiger partial charge on any atom is -0.489 e. The molecular formula is C31H36N2O5. The molecule has 0 saturated carbocycles. The third-order valence-corrected chi connectivity index (χ3v) is 6.19. The number of nitrogens with one attached hydrogen (secondary N) is 2. The molecule has 0 heterocycles. The Morgan fingerprint density at radius 2 is 1.50 bits per heavy atom. The SMILES string of the molecule is C=CC[C@H](CC(=O)N[C@H](CO)Cc1ccc(OCc2ccccc2)cc1)C(=O)N[C@@H](CO)c1ccccc1. The standard InChI is InChI=1S/C31H36N2O5/c1-2-9-26(31(37)33-29(21-35)25-12-7-4-8-13-25)19-30(36)32-27(20-34)18-23-14-16-28(17-15-23)38-22-24-10-5-3-6-11-24/h2-8,10-17,26-27,29,34-35H,1,9,18-22H2,(H,32,36)(H,33,37)/t26-,27+,29+/m1/s1. The van der Waals surface area contributed by atoms with E-state index in [0.29, 0.717) is 19.4 Å². The molecule has 0 aliphatic carbocycles. The third-order valence-electron chi connectivity index (χ3n) is 6.19. The van der Waals surface area contributed by atoms with Crippen LogP contribution in [0.4, 0.5) is 0 Å². The Balaban J connectivity index is 1.52. The highest BCUT2D eigenvalue weighted by atomic mass is 16.5. The van der Waals surface area contributed by atoms with Gasteiger partial charge in [0.25, 0.3) is 0 Å². The lowest BCUT2D eigenvalue weighted by atomic mass is 9.98. The maximum Gasteiger partial charge on any atom is 0.224 e. The van der Waals surface area contributed by atoms with Crippen LogP contribution < -0.4 is 15.4 Å². The van der Waals surface area contributed by atoms with E-state index in [1.165, 1.54) is 0 Å². The normalized spacial score (nSPS) is 13.1. The summed E-state index contributed by atoms with van der Waals surface area (Å²) in [5, 5.41) is 25.3. The van der Waals surface area contributed by atoms with Crippen LogP contribution in [0.3, 0.4) is 0 Å². The zero-order chi connectivity index (χ0) is 27.2. The van der Waals surface area contributed by atoms with Gasteiger partial charge in [0.1, 0.15) is 12.4 Å². The lowest BCUT2D eigenvalue weighted by Gasteiger charge is -2.22. The summed E-state index contributed by atoms with van der Waals surface area (Å²) in [7, 11) is 0. The second kappa shape index (κ2) is 15.3. The van der Waals surface area contributed by atoms with Crippen LogP contribution >= 0.6 is 0 Å². The van der Waals surface area contributed by atoms with E-state index >= 15 is 0 Å². The maximum atomic E-state index is 12.9. The average Bonchev–Trinajstić information content (AvgIpc) is 2.95. The number of ether oxygens (including phenoxy) is 1. The van der Waals surface area contributed by atoms with Gasteiger partial charge in [0.2, 0.25) is 11.8 Å². The quantitative estimate of drug-likeness (QED) is 0.230. The average molecular weight is 517 g/mol. The molecule has 200 valence electrons. The minimum absolute atomic E-state index is 0.0619. The van der Waals surface area contributed by atoms with Crippen molar-refractivity contribution in [2.75, 3.05) is 13.2 Å². The number of aliphatic hydroxyl groups excluding tert-OH is 2. The molecule has 2 amide bonds. The molecule has 3 aromatic carbocycles. The van der Waals surface area contributed by atoms with Gasteiger partial charge in [0, 0.05) is 6.42 Å². The Hall–Kier alpha value is -3.94. The molecule has 38 heavy (non-hydrogen) atoms. The third kappa shape index (κ3) is 9.18. The topological polar surface area (TPSA) is 108 Å². The van der Waals surface area contributed by atoms with Crippen LogP contribution in [0.25, 0.3) is 0 Å². The fraction of sp³-hybridized carbons (Fsp3) is 0.290. The molecule has 0 fully saturated rings. The van der Waals surface area contributed by atoms with Crippen molar-refractivity contribution >= 4 is 11.8 Å². The fourth-order valence-electron chi connectivity index (χ4n) is 4.11. The van der Waals surface area contributed by atoms with Gasteiger partial charge in [-0.1, -0.05) is 78.9 Å². The predicted molar refractivity (Wildman–Crippen MR) is 147 cm³/mol. The number of carbonyl (C=O) groups excluding carboxylic acids is 2. The molecule has 4 N–H and O–H groups in total. The lowest BCUT2D eigenvalue weighted by Crippen LogP contribution is -2.42. The number of carbonyl (C=O) groups is 2. The molecule has 0 aromatic heterocycles. The molecule has 3 aromatic rings. The summed E-state index contributed by atoms with van der Waals surface area (Å²) in [6.07, 6.45) is 2.27. The number of hydrogen-bond acceptors (Lipinski definition) is 5. The Morgan fingerprint density at radius 1 is 0.842 bits per heavy atom. The van der Waals surface area contributed by atoms with E-state index in [-0.39, 0.29) is 31.4 Å². The summed E-state index contributed by atoms with van der Waals surface area (Å²) in [6.45, 7) is 3.68. The lowest BCUT2D eigenvalue weighted by molar-refractivity contribution is -0.131. The number of allylic oxidation sites excluding steroid dienone is 1. The first-order valence-electron chi connectivity index (χ1n) is 12.7. The van der Waals surface area contributed by atoms with Crippen LogP contribution in [0, 0.1) is 5.92 Å². The van der Waals surface area contributed by atoms with Gasteiger partial charge in [-0.2, -0.15) is 0 Å². The van der Waals surface area contributed by atoms with Crippen molar-refractivity contribution in [2.45, 2.75) is 38.0 Å². The van der Waals surface area contributed by atoms with Crippen LogP contribution in [0.5, 0.6) is 5.75 Å². The number of aliphatic hydroxyl groups is 2. The Bertz CT molecular complexity index is 1140. The Morgan fingerprint density at radius 3 is 2.11 bits per heavy atom. The summed E-state index contributed by atoms with van der Waals surface area (Å²) >= 11 is 0. The van der Waals surface area contributed by atoms with Crippen molar-refractivity contribution in [3.63, 3.8) is 0 Å². The predicted octanol–water partition coefficient (Wildman–Crippen LogP) is 3.72. The van der Waals surface area contributed by atoms with E-state index in [1.807, 2.05) is 84.9 Å². The largest absolute Gasteiger partial charge is 0.489 e. The summed E-state index contributed by atoms with van der Waals surface area (Å²) in [4.78, 5) is 25.7. The molecule has 0 saturated heterocycles. The van der Waals surface area contributed by atoms with E-state index in [4.69, 9.17) is 4.74 Å². The van der Waals surface area contributed by atoms with Crippen LogP contribution in [0.2, 0.25) is 0 Å². The van der Waals surface area contributed by atoms with E-state index < -0.39 is 18.0 Å². The van der Waals surface area contributed by atoms with Crippen molar-refractivity contribution in [2.24, 2.45) is 5.92 Å². The first-order valence-corrected chi connectivity index (χ1v) is 12.7. The second-order valence-corrected chi connectivity index (χ2v) is 9.15. The van der Waals surface area contributed by atoms with Gasteiger partial charge in [0.15, 0.2) is 0 Å². The first-order chi connectivity index (χ1) is 18.5. The summed E-state index contributed by atoms with van der Waals surface area (Å²) in [5.74, 6) is -0.591. The van der Waals surface area contributed by atoms with Gasteiger partial charge < -0.3 is 25.6 Å². The van der Waals surface area contributed by atoms with Crippen molar-refractivity contribution in [1.82, 2.24) is 10.6 Å². The highest BCUT2D eigenvalue weighted by Gasteiger charge is 2.25. The number of benzene rings is 3. The molecule has 3 atom stereocenters. The molecule has 7 nitrogen and oxygen atoms in total. The van der Waals surface area contributed by atoms with Gasteiger partial charge in [-0.15, -0.1) is 6.58 Å². The zero-order valence-electron chi connectivity index (χ0n) is 21.5. The summed E-state index contributed by atoms with van der Waals surface area (Å²) in [5.41, 5.74) is 2.79. The molecule has 0 unspecified atom stereocenters. The maximum absolute atomic E-state index is 12.9. The molecule has 0 radical (unpaired) electrons. The van der Waals surface area contributed by atoms with E-state index in [9.17, 15) is 19.8 Å². The smallest absolute Gasteiger partial charge is 0.224 e. The van der Waals surface area contributed by atoms with Crippen LogP contribution in [0.15, 0.2) is 97.6 Å². The molecule has 0 spiro atoms. The molecular weight excluding hydrogens is 480 g/mol. The summed E-state index contributed by atoms with van der Waals surface area (Å²) < 4.78 is 5.82. The molecule has 3 rings (SSSR count). The van der Waals surface area contributed by atoms with Crippen molar-refractivity contribution in [1.29, 1.82) is 0 Å². The van der Waals surface area contributed by atoms with E-state index in [0.717, 1.165) is 22.4 Å². The second-order valence-electron chi connectivity index (χ2n) is 9.15. The number of amides is 2. The van der Waals surface area contributed by atoms with Gasteiger partial charge in [-0.05, 0) is 41.7 Å². The molecule has 0 aliphatic heterocycles. The van der Waals surface area contributed by atoms with Crippen LogP contribution in [-0.4, -0.2) is 41.3 Å². The van der Waals surface area contributed by atoms with Gasteiger partial charge in [-0.25, -0.2) is 0 Å².